The number of aliphatic imine (C=N–C) groups is 1. The van der Waals surface area contributed by atoms with Crippen molar-refractivity contribution in [2.45, 2.75) is 0 Å². The fourth-order valence-corrected chi connectivity index (χ4v) is 3.39. The molecule has 0 radical (unpaired) electrons. The van der Waals surface area contributed by atoms with E-state index in [0.717, 1.165) is 59.5 Å². The molecule has 2 aromatic carbocycles. The van der Waals surface area contributed by atoms with Gasteiger partial charge in [0.2, 0.25) is 0 Å². The number of rotatable bonds is 1. The van der Waals surface area contributed by atoms with Crippen LogP contribution >= 0.6 is 23.2 Å². The summed E-state index contributed by atoms with van der Waals surface area (Å²) in [7, 11) is 0. The second kappa shape index (κ2) is 6.04. The van der Waals surface area contributed by atoms with Crippen molar-refractivity contribution in [3.05, 3.63) is 45.9 Å². The first-order chi connectivity index (χ1) is 11.2. The maximum atomic E-state index is 6.36. The lowest BCUT2D eigenvalue weighted by atomic mass is 10.1. The summed E-state index contributed by atoms with van der Waals surface area (Å²) in [5.41, 5.74) is 4.90. The summed E-state index contributed by atoms with van der Waals surface area (Å²) in [6.45, 7) is 3.86. The van der Waals surface area contributed by atoms with E-state index in [1.165, 1.54) is 0 Å². The molecule has 2 N–H and O–H groups in total. The van der Waals surface area contributed by atoms with Crippen LogP contribution in [0.5, 0.6) is 0 Å². The van der Waals surface area contributed by atoms with Gasteiger partial charge in [0.05, 0.1) is 17.1 Å². The molecule has 4 nitrogen and oxygen atoms in total. The summed E-state index contributed by atoms with van der Waals surface area (Å²) in [5.74, 6) is 0. The molecule has 2 heterocycles. The summed E-state index contributed by atoms with van der Waals surface area (Å²) in [6.07, 6.45) is 1.90. The Labute approximate surface area is 145 Å². The molecule has 0 saturated carbocycles. The van der Waals surface area contributed by atoms with E-state index < -0.39 is 0 Å². The molecule has 6 heteroatoms. The van der Waals surface area contributed by atoms with Gasteiger partial charge in [0.1, 0.15) is 0 Å². The predicted molar refractivity (Wildman–Crippen MR) is 98.5 cm³/mol. The number of anilines is 3. The summed E-state index contributed by atoms with van der Waals surface area (Å²) in [6, 6.07) is 9.62. The number of nitrogens with zero attached hydrogens (tertiary/aromatic N) is 2. The number of hydrogen-bond donors (Lipinski definition) is 2. The normalized spacial score (nSPS) is 16.3. The number of piperazine rings is 1. The highest BCUT2D eigenvalue weighted by Crippen LogP contribution is 2.39. The third kappa shape index (κ3) is 2.90. The van der Waals surface area contributed by atoms with Crippen LogP contribution in [0.15, 0.2) is 35.3 Å². The average Bonchev–Trinajstić information content (AvgIpc) is 2.73. The van der Waals surface area contributed by atoms with E-state index in [4.69, 9.17) is 23.2 Å². The summed E-state index contributed by atoms with van der Waals surface area (Å²) in [5, 5.41) is 8.21. The first kappa shape index (κ1) is 14.8. The Morgan fingerprint density at radius 1 is 0.957 bits per heavy atom. The van der Waals surface area contributed by atoms with Gasteiger partial charge in [-0.1, -0.05) is 23.2 Å². The topological polar surface area (TPSA) is 39.7 Å². The maximum Gasteiger partial charge on any atom is 0.0879 e. The molecule has 0 amide bonds. The lowest BCUT2D eigenvalue weighted by molar-refractivity contribution is 0.589. The largest absolute Gasteiger partial charge is 0.368 e. The molecule has 2 aliphatic heterocycles. The summed E-state index contributed by atoms with van der Waals surface area (Å²) < 4.78 is 0. The van der Waals surface area contributed by atoms with Gasteiger partial charge < -0.3 is 15.5 Å². The van der Waals surface area contributed by atoms with Gasteiger partial charge in [0, 0.05) is 53.7 Å². The van der Waals surface area contributed by atoms with E-state index in [1.807, 2.05) is 36.5 Å². The summed E-state index contributed by atoms with van der Waals surface area (Å²) >= 11 is 12.4. The van der Waals surface area contributed by atoms with Crippen LogP contribution in [0.1, 0.15) is 5.56 Å². The smallest absolute Gasteiger partial charge is 0.0879 e. The highest BCUT2D eigenvalue weighted by Gasteiger charge is 2.19. The van der Waals surface area contributed by atoms with Crippen LogP contribution < -0.4 is 15.5 Å². The van der Waals surface area contributed by atoms with Gasteiger partial charge in [0.25, 0.3) is 0 Å². The molecule has 23 heavy (non-hydrogen) atoms. The quantitative estimate of drug-likeness (QED) is 0.693. The standard InChI is InChI=1S/C17H16Cl2N4/c18-11-1-2-14-16(7-11)21-10-13-15(22-14)8-12(19)9-17(13)23-5-3-20-4-6-23/h1-2,7-10,20,22H,3-6H2. The van der Waals surface area contributed by atoms with Gasteiger partial charge in [-0.3, -0.25) is 4.99 Å². The number of nitrogens with one attached hydrogen (secondary N) is 2. The minimum absolute atomic E-state index is 0.675. The zero-order valence-corrected chi connectivity index (χ0v) is 14.0. The van der Waals surface area contributed by atoms with Crippen LogP contribution in [-0.4, -0.2) is 32.4 Å². The third-order valence-electron chi connectivity index (χ3n) is 4.14. The van der Waals surface area contributed by atoms with E-state index in [-0.39, 0.29) is 0 Å². The van der Waals surface area contributed by atoms with Gasteiger partial charge in [-0.2, -0.15) is 0 Å². The number of halogens is 2. The van der Waals surface area contributed by atoms with Gasteiger partial charge in [-0.05, 0) is 30.3 Å². The van der Waals surface area contributed by atoms with Crippen LogP contribution in [0.2, 0.25) is 10.0 Å². The third-order valence-corrected chi connectivity index (χ3v) is 4.60. The molecule has 0 unspecified atom stereocenters. The van der Waals surface area contributed by atoms with Crippen LogP contribution in [0.3, 0.4) is 0 Å². The molecule has 0 bridgehead atoms. The first-order valence-corrected chi connectivity index (χ1v) is 8.36. The zero-order valence-electron chi connectivity index (χ0n) is 12.4. The van der Waals surface area contributed by atoms with Crippen molar-refractivity contribution in [2.24, 2.45) is 4.99 Å². The Bertz CT molecular complexity index is 782. The highest BCUT2D eigenvalue weighted by atomic mass is 35.5. The lowest BCUT2D eigenvalue weighted by Crippen LogP contribution is -2.43. The van der Waals surface area contributed by atoms with E-state index in [2.05, 4.69) is 20.5 Å². The monoisotopic (exact) mass is 346 g/mol. The van der Waals surface area contributed by atoms with Crippen molar-refractivity contribution in [3.63, 3.8) is 0 Å². The second-order valence-corrected chi connectivity index (χ2v) is 6.54. The van der Waals surface area contributed by atoms with E-state index >= 15 is 0 Å². The minimum atomic E-state index is 0.675. The van der Waals surface area contributed by atoms with Crippen LogP contribution in [0.25, 0.3) is 0 Å². The van der Waals surface area contributed by atoms with Gasteiger partial charge >= 0.3 is 0 Å². The molecule has 2 aliphatic rings. The van der Waals surface area contributed by atoms with Crippen molar-refractivity contribution >= 4 is 52.2 Å². The molecule has 118 valence electrons. The molecule has 0 atom stereocenters. The highest BCUT2D eigenvalue weighted by molar-refractivity contribution is 6.32. The number of hydrogen-bond acceptors (Lipinski definition) is 4. The molecule has 0 aliphatic carbocycles. The first-order valence-electron chi connectivity index (χ1n) is 7.60. The zero-order chi connectivity index (χ0) is 15.8. The average molecular weight is 347 g/mol. The van der Waals surface area contributed by atoms with E-state index in [1.54, 1.807) is 0 Å². The molecule has 2 aromatic rings. The molecule has 1 saturated heterocycles. The summed E-state index contributed by atoms with van der Waals surface area (Å²) in [4.78, 5) is 6.96. The SMILES string of the molecule is Clc1ccc2c(c1)N=Cc1c(cc(Cl)cc1N1CCNCC1)N2. The van der Waals surface area contributed by atoms with Gasteiger partial charge in [-0.25, -0.2) is 0 Å². The Hall–Kier alpha value is -1.75. The Kier molecular flexibility index (Phi) is 3.89. The lowest BCUT2D eigenvalue weighted by Gasteiger charge is -2.31. The molecular weight excluding hydrogens is 331 g/mol. The van der Waals surface area contributed by atoms with Crippen molar-refractivity contribution in [2.75, 3.05) is 36.4 Å². The predicted octanol–water partition coefficient (Wildman–Crippen LogP) is 4.21. The molecule has 0 aromatic heterocycles. The molecular formula is C17H16Cl2N4. The fraction of sp³-hybridized carbons (Fsp3) is 0.235. The van der Waals surface area contributed by atoms with Crippen molar-refractivity contribution in [1.82, 2.24) is 5.32 Å². The Morgan fingerprint density at radius 3 is 2.61 bits per heavy atom. The van der Waals surface area contributed by atoms with E-state index in [9.17, 15) is 0 Å². The van der Waals surface area contributed by atoms with Crippen LogP contribution in [-0.2, 0) is 0 Å². The Balaban J connectivity index is 1.82. The number of benzene rings is 2. The van der Waals surface area contributed by atoms with Crippen molar-refractivity contribution in [3.8, 4) is 0 Å². The van der Waals surface area contributed by atoms with Crippen LogP contribution in [0, 0.1) is 0 Å². The second-order valence-electron chi connectivity index (χ2n) is 5.67. The Morgan fingerprint density at radius 2 is 1.78 bits per heavy atom. The molecule has 4 rings (SSSR count). The van der Waals surface area contributed by atoms with Gasteiger partial charge in [-0.15, -0.1) is 0 Å². The van der Waals surface area contributed by atoms with Crippen molar-refractivity contribution < 1.29 is 0 Å². The van der Waals surface area contributed by atoms with Gasteiger partial charge in [0.15, 0.2) is 0 Å². The van der Waals surface area contributed by atoms with Crippen molar-refractivity contribution in [1.29, 1.82) is 0 Å². The number of fused-ring (bicyclic) bond motifs is 2. The fourth-order valence-electron chi connectivity index (χ4n) is 3.01. The molecule has 0 spiro atoms. The van der Waals surface area contributed by atoms with E-state index in [0.29, 0.717) is 5.02 Å². The molecule has 1 fully saturated rings. The maximum absolute atomic E-state index is 6.36. The van der Waals surface area contributed by atoms with Crippen LogP contribution in [0.4, 0.5) is 22.7 Å². The minimum Gasteiger partial charge on any atom is -0.368 e.